The summed E-state index contributed by atoms with van der Waals surface area (Å²) in [6, 6.07) is 7.30. The molecule has 0 atom stereocenters. The number of ether oxygens (including phenoxy) is 1. The topological polar surface area (TPSA) is 96.5 Å². The van der Waals surface area contributed by atoms with Crippen LogP contribution in [0.1, 0.15) is 60.5 Å². The van der Waals surface area contributed by atoms with E-state index in [0.29, 0.717) is 12.2 Å². The molecule has 7 nitrogen and oxygen atoms in total. The molecule has 0 aliphatic carbocycles. The minimum absolute atomic E-state index is 0.0676. The number of amides is 3. The Balaban J connectivity index is 2.48. The molecular formula is C23H35N3O4. The first kappa shape index (κ1) is 25.2. The molecule has 0 heterocycles. The van der Waals surface area contributed by atoms with Crippen LogP contribution < -0.4 is 16.0 Å². The summed E-state index contributed by atoms with van der Waals surface area (Å²) in [6.45, 7) is 13.9. The van der Waals surface area contributed by atoms with Gasteiger partial charge in [0.25, 0.3) is 0 Å². The SMILES string of the molecule is C/C(=C\C(=O)Nc1cccc(CNC(=O)CCNC(=O)OC(C)(C)C)c1)C(C)(C)C. The maximum atomic E-state index is 12.2. The number of allylic oxidation sites excluding steroid dienone is 1. The van der Waals surface area contributed by atoms with Gasteiger partial charge in [-0.25, -0.2) is 4.79 Å². The van der Waals surface area contributed by atoms with Crippen LogP contribution in [0.3, 0.4) is 0 Å². The number of alkyl carbamates (subject to hydrolysis) is 1. The van der Waals surface area contributed by atoms with Crippen molar-refractivity contribution in [3.05, 3.63) is 41.5 Å². The van der Waals surface area contributed by atoms with Gasteiger partial charge in [-0.15, -0.1) is 0 Å². The summed E-state index contributed by atoms with van der Waals surface area (Å²) in [4.78, 5) is 35.7. The quantitative estimate of drug-likeness (QED) is 0.581. The van der Waals surface area contributed by atoms with Gasteiger partial charge in [0.15, 0.2) is 0 Å². The fraction of sp³-hybridized carbons (Fsp3) is 0.522. The molecule has 7 heteroatoms. The van der Waals surface area contributed by atoms with E-state index in [2.05, 4.69) is 36.7 Å². The highest BCUT2D eigenvalue weighted by Gasteiger charge is 2.16. The molecule has 0 bridgehead atoms. The summed E-state index contributed by atoms with van der Waals surface area (Å²) >= 11 is 0. The molecule has 0 spiro atoms. The van der Waals surface area contributed by atoms with Gasteiger partial charge in [0, 0.05) is 31.3 Å². The Morgan fingerprint density at radius 3 is 2.30 bits per heavy atom. The standard InChI is InChI=1S/C23H35N3O4/c1-16(22(2,3)4)13-20(28)26-18-10-8-9-17(14-18)15-25-19(27)11-12-24-21(29)30-23(5,6)7/h8-10,13-14H,11-12,15H2,1-7H3,(H,24,29)(H,25,27)(H,26,28)/b16-13+. The van der Waals surface area contributed by atoms with E-state index in [-0.39, 0.29) is 30.2 Å². The van der Waals surface area contributed by atoms with Crippen molar-refractivity contribution in [2.45, 2.75) is 67.0 Å². The fourth-order valence-electron chi connectivity index (χ4n) is 2.23. The molecule has 0 aromatic heterocycles. The Morgan fingerprint density at radius 2 is 1.70 bits per heavy atom. The Labute approximate surface area is 179 Å². The molecule has 1 aromatic carbocycles. The molecule has 0 aliphatic heterocycles. The van der Waals surface area contributed by atoms with Crippen LogP contribution in [0.4, 0.5) is 10.5 Å². The number of carbonyl (C=O) groups excluding carboxylic acids is 3. The van der Waals surface area contributed by atoms with Crippen molar-refractivity contribution in [3.63, 3.8) is 0 Å². The van der Waals surface area contributed by atoms with Crippen LogP contribution in [0, 0.1) is 5.41 Å². The van der Waals surface area contributed by atoms with Crippen molar-refractivity contribution in [2.75, 3.05) is 11.9 Å². The first-order valence-electron chi connectivity index (χ1n) is 10.1. The van der Waals surface area contributed by atoms with Crippen molar-refractivity contribution in [1.82, 2.24) is 10.6 Å². The van der Waals surface area contributed by atoms with Crippen molar-refractivity contribution in [2.24, 2.45) is 5.41 Å². The molecule has 0 saturated carbocycles. The monoisotopic (exact) mass is 417 g/mol. The molecule has 0 radical (unpaired) electrons. The lowest BCUT2D eigenvalue weighted by atomic mass is 9.87. The summed E-state index contributed by atoms with van der Waals surface area (Å²) in [5.74, 6) is -0.374. The molecule has 0 saturated heterocycles. The number of benzene rings is 1. The number of carbonyl (C=O) groups is 3. The van der Waals surface area contributed by atoms with Crippen molar-refractivity contribution >= 4 is 23.6 Å². The first-order valence-corrected chi connectivity index (χ1v) is 10.1. The van der Waals surface area contributed by atoms with E-state index in [0.717, 1.165) is 11.1 Å². The minimum atomic E-state index is -0.575. The maximum absolute atomic E-state index is 12.2. The zero-order chi connectivity index (χ0) is 22.9. The van der Waals surface area contributed by atoms with Gasteiger partial charge < -0.3 is 20.7 Å². The lowest BCUT2D eigenvalue weighted by Gasteiger charge is -2.19. The van der Waals surface area contributed by atoms with Gasteiger partial charge >= 0.3 is 6.09 Å². The number of hydrogen-bond acceptors (Lipinski definition) is 4. The van der Waals surface area contributed by atoms with E-state index in [9.17, 15) is 14.4 Å². The Kier molecular flexibility index (Phi) is 9.08. The Morgan fingerprint density at radius 1 is 1.03 bits per heavy atom. The molecule has 30 heavy (non-hydrogen) atoms. The second-order valence-electron chi connectivity index (χ2n) is 9.22. The summed E-state index contributed by atoms with van der Waals surface area (Å²) in [6.07, 6.45) is 1.20. The van der Waals surface area contributed by atoms with Crippen molar-refractivity contribution < 1.29 is 19.1 Å². The van der Waals surface area contributed by atoms with Gasteiger partial charge in [-0.05, 0) is 50.8 Å². The highest BCUT2D eigenvalue weighted by Crippen LogP contribution is 2.24. The first-order chi connectivity index (χ1) is 13.8. The lowest BCUT2D eigenvalue weighted by Crippen LogP contribution is -2.35. The van der Waals surface area contributed by atoms with Gasteiger partial charge in [0.1, 0.15) is 5.60 Å². The zero-order valence-corrected chi connectivity index (χ0v) is 19.1. The summed E-state index contributed by atoms with van der Waals surface area (Å²) in [7, 11) is 0. The third-order valence-electron chi connectivity index (χ3n) is 4.24. The number of anilines is 1. The van der Waals surface area contributed by atoms with Gasteiger partial charge in [-0.2, -0.15) is 0 Å². The largest absolute Gasteiger partial charge is 0.444 e. The van der Waals surface area contributed by atoms with Gasteiger partial charge in [0.2, 0.25) is 11.8 Å². The van der Waals surface area contributed by atoms with E-state index in [4.69, 9.17) is 4.74 Å². The predicted octanol–water partition coefficient (Wildman–Crippen LogP) is 4.15. The number of nitrogens with one attached hydrogen (secondary N) is 3. The molecule has 1 aromatic rings. The molecule has 3 amide bonds. The van der Waals surface area contributed by atoms with Crippen LogP contribution in [0.5, 0.6) is 0 Å². The average molecular weight is 418 g/mol. The second kappa shape index (κ2) is 10.8. The van der Waals surface area contributed by atoms with Crippen LogP contribution in [0.15, 0.2) is 35.9 Å². The van der Waals surface area contributed by atoms with Gasteiger partial charge in [0.05, 0.1) is 0 Å². The maximum Gasteiger partial charge on any atom is 0.407 e. The molecule has 0 unspecified atom stereocenters. The third kappa shape index (κ3) is 10.6. The van der Waals surface area contributed by atoms with Gasteiger partial charge in [-0.1, -0.05) is 38.5 Å². The zero-order valence-electron chi connectivity index (χ0n) is 19.1. The normalized spacial score (nSPS) is 12.2. The Hall–Kier alpha value is -2.83. The van der Waals surface area contributed by atoms with Crippen LogP contribution in [0.2, 0.25) is 0 Å². The smallest absolute Gasteiger partial charge is 0.407 e. The van der Waals surface area contributed by atoms with Crippen molar-refractivity contribution in [1.29, 1.82) is 0 Å². The van der Waals surface area contributed by atoms with E-state index in [1.807, 2.05) is 25.1 Å². The summed E-state index contributed by atoms with van der Waals surface area (Å²) in [5.41, 5.74) is 1.87. The number of hydrogen-bond donors (Lipinski definition) is 3. The molecule has 3 N–H and O–H groups in total. The van der Waals surface area contributed by atoms with Crippen LogP contribution >= 0.6 is 0 Å². The Bertz CT molecular complexity index is 786. The molecular weight excluding hydrogens is 382 g/mol. The van der Waals surface area contributed by atoms with E-state index >= 15 is 0 Å². The van der Waals surface area contributed by atoms with E-state index in [1.54, 1.807) is 32.9 Å². The van der Waals surface area contributed by atoms with Crippen LogP contribution in [-0.4, -0.2) is 30.1 Å². The average Bonchev–Trinajstić information content (AvgIpc) is 2.57. The van der Waals surface area contributed by atoms with E-state index in [1.165, 1.54) is 0 Å². The third-order valence-corrected chi connectivity index (χ3v) is 4.24. The second-order valence-corrected chi connectivity index (χ2v) is 9.22. The molecule has 1 rings (SSSR count). The minimum Gasteiger partial charge on any atom is -0.444 e. The molecule has 0 fully saturated rings. The summed E-state index contributed by atoms with van der Waals surface area (Å²) in [5, 5.41) is 8.20. The summed E-state index contributed by atoms with van der Waals surface area (Å²) < 4.78 is 5.12. The predicted molar refractivity (Wildman–Crippen MR) is 119 cm³/mol. The van der Waals surface area contributed by atoms with Crippen LogP contribution in [0.25, 0.3) is 0 Å². The molecule has 166 valence electrons. The fourth-order valence-corrected chi connectivity index (χ4v) is 2.23. The highest BCUT2D eigenvalue weighted by atomic mass is 16.6. The van der Waals surface area contributed by atoms with E-state index < -0.39 is 11.7 Å². The molecule has 0 aliphatic rings. The van der Waals surface area contributed by atoms with Crippen molar-refractivity contribution in [3.8, 4) is 0 Å². The lowest BCUT2D eigenvalue weighted by molar-refractivity contribution is -0.121. The number of rotatable bonds is 7. The highest BCUT2D eigenvalue weighted by molar-refractivity contribution is 5.99. The van der Waals surface area contributed by atoms with Gasteiger partial charge in [-0.3, -0.25) is 9.59 Å². The van der Waals surface area contributed by atoms with Crippen LogP contribution in [-0.2, 0) is 20.9 Å².